The highest BCUT2D eigenvalue weighted by atomic mass is 32.1. The summed E-state index contributed by atoms with van der Waals surface area (Å²) in [7, 11) is 0. The Balaban J connectivity index is 1.64. The molecule has 7 nitrogen and oxygen atoms in total. The molecule has 1 aliphatic heterocycles. The minimum Gasteiger partial charge on any atom is -0.422 e. The van der Waals surface area contributed by atoms with Crippen molar-refractivity contribution in [1.82, 2.24) is 15.1 Å². The Morgan fingerprint density at radius 1 is 1.50 bits per heavy atom. The minimum absolute atomic E-state index is 0.143. The Labute approximate surface area is 132 Å². The fourth-order valence-corrected chi connectivity index (χ4v) is 2.72. The van der Waals surface area contributed by atoms with Gasteiger partial charge in [-0.2, -0.15) is 11.3 Å². The summed E-state index contributed by atoms with van der Waals surface area (Å²) in [5.74, 6) is 1.18. The predicted molar refractivity (Wildman–Crippen MR) is 82.0 cm³/mol. The average molecular weight is 322 g/mol. The second-order valence-corrected chi connectivity index (χ2v) is 6.16. The summed E-state index contributed by atoms with van der Waals surface area (Å²) in [4.78, 5) is 14.0. The number of anilines is 1. The van der Waals surface area contributed by atoms with Crippen molar-refractivity contribution in [3.63, 3.8) is 0 Å². The van der Waals surface area contributed by atoms with Crippen molar-refractivity contribution in [3.8, 4) is 0 Å². The minimum atomic E-state index is -0.373. The normalized spacial score (nSPS) is 18.7. The Bertz CT molecular complexity index is 626. The van der Waals surface area contributed by atoms with Gasteiger partial charge in [0.2, 0.25) is 11.8 Å². The predicted octanol–water partition coefficient (Wildman–Crippen LogP) is 2.86. The molecule has 0 spiro atoms. The Kier molecular flexibility index (Phi) is 4.39. The van der Waals surface area contributed by atoms with Crippen LogP contribution in [-0.2, 0) is 4.74 Å². The maximum atomic E-state index is 12.3. The Morgan fingerprint density at radius 2 is 2.36 bits per heavy atom. The van der Waals surface area contributed by atoms with Gasteiger partial charge in [0.25, 0.3) is 0 Å². The van der Waals surface area contributed by atoms with E-state index in [4.69, 9.17) is 9.15 Å². The number of hydrogen-bond acceptors (Lipinski definition) is 6. The van der Waals surface area contributed by atoms with Crippen LogP contribution in [0.5, 0.6) is 0 Å². The van der Waals surface area contributed by atoms with E-state index < -0.39 is 0 Å². The molecule has 2 aromatic heterocycles. The molecule has 118 valence electrons. The van der Waals surface area contributed by atoms with Crippen LogP contribution >= 0.6 is 11.3 Å². The van der Waals surface area contributed by atoms with Crippen LogP contribution < -0.4 is 5.32 Å². The van der Waals surface area contributed by atoms with Crippen molar-refractivity contribution in [2.75, 3.05) is 25.0 Å². The number of nitrogens with zero attached hydrogens (tertiary/aromatic N) is 3. The van der Waals surface area contributed by atoms with E-state index in [1.54, 1.807) is 4.90 Å². The molecule has 3 rings (SSSR count). The van der Waals surface area contributed by atoms with Crippen molar-refractivity contribution >= 4 is 23.1 Å². The third-order valence-electron chi connectivity index (χ3n) is 3.35. The highest BCUT2D eigenvalue weighted by Crippen LogP contribution is 2.24. The number of amides is 2. The molecule has 0 unspecified atom stereocenters. The lowest BCUT2D eigenvalue weighted by atomic mass is 10.2. The van der Waals surface area contributed by atoms with E-state index in [1.165, 1.54) is 11.3 Å². The van der Waals surface area contributed by atoms with Crippen LogP contribution in [0.3, 0.4) is 0 Å². The first kappa shape index (κ1) is 15.0. The van der Waals surface area contributed by atoms with Gasteiger partial charge in [-0.15, -0.1) is 10.2 Å². The molecule has 0 aliphatic carbocycles. The van der Waals surface area contributed by atoms with Gasteiger partial charge in [-0.1, -0.05) is 13.8 Å². The van der Waals surface area contributed by atoms with Gasteiger partial charge < -0.3 is 19.4 Å². The topological polar surface area (TPSA) is 80.5 Å². The van der Waals surface area contributed by atoms with Crippen molar-refractivity contribution in [2.24, 2.45) is 0 Å². The lowest BCUT2D eigenvalue weighted by molar-refractivity contribution is -0.0276. The van der Waals surface area contributed by atoms with Crippen molar-refractivity contribution in [3.05, 3.63) is 28.6 Å². The first-order valence-electron chi connectivity index (χ1n) is 7.16. The number of nitrogens with one attached hydrogen (secondary N) is 1. The molecule has 0 saturated carbocycles. The standard InChI is InChI=1S/C14H18N4O3S/c1-9(2)12-16-17-13(21-12)11-7-18(4-5-20-11)14(19)15-10-3-6-22-8-10/h3,6,8-9,11H,4-5,7H2,1-2H3,(H,15,19)/t11-/m0/s1. The number of hydrogen-bond donors (Lipinski definition) is 1. The molecule has 0 radical (unpaired) electrons. The second kappa shape index (κ2) is 6.45. The number of urea groups is 1. The zero-order valence-corrected chi connectivity index (χ0v) is 13.3. The number of thiophene rings is 1. The SMILES string of the molecule is CC(C)c1nnc([C@@H]2CN(C(=O)Nc3ccsc3)CCO2)o1. The summed E-state index contributed by atoms with van der Waals surface area (Å²) in [5.41, 5.74) is 0.804. The van der Waals surface area contributed by atoms with Crippen LogP contribution in [-0.4, -0.2) is 40.8 Å². The van der Waals surface area contributed by atoms with Gasteiger partial charge in [0.1, 0.15) is 0 Å². The molecule has 1 aliphatic rings. The zero-order chi connectivity index (χ0) is 15.5. The smallest absolute Gasteiger partial charge is 0.322 e. The summed E-state index contributed by atoms with van der Waals surface area (Å²) in [6.07, 6.45) is -0.373. The summed E-state index contributed by atoms with van der Waals surface area (Å²) in [5, 5.41) is 14.7. The Hall–Kier alpha value is -1.93. The molecule has 8 heteroatoms. The van der Waals surface area contributed by atoms with Crippen LogP contribution in [0.1, 0.15) is 37.7 Å². The molecule has 1 atom stereocenters. The number of ether oxygens (including phenoxy) is 1. The van der Waals surface area contributed by atoms with Gasteiger partial charge in [0.15, 0.2) is 6.10 Å². The van der Waals surface area contributed by atoms with Crippen LogP contribution in [0.4, 0.5) is 10.5 Å². The van der Waals surface area contributed by atoms with Gasteiger partial charge in [-0.25, -0.2) is 4.79 Å². The van der Waals surface area contributed by atoms with E-state index in [0.29, 0.717) is 31.5 Å². The first-order valence-corrected chi connectivity index (χ1v) is 8.11. The molecular weight excluding hydrogens is 304 g/mol. The van der Waals surface area contributed by atoms with Crippen molar-refractivity contribution in [1.29, 1.82) is 0 Å². The zero-order valence-electron chi connectivity index (χ0n) is 12.5. The largest absolute Gasteiger partial charge is 0.422 e. The van der Waals surface area contributed by atoms with E-state index in [1.807, 2.05) is 30.7 Å². The van der Waals surface area contributed by atoms with Crippen LogP contribution in [0.2, 0.25) is 0 Å². The maximum absolute atomic E-state index is 12.3. The third-order valence-corrected chi connectivity index (χ3v) is 4.03. The maximum Gasteiger partial charge on any atom is 0.322 e. The van der Waals surface area contributed by atoms with E-state index in [9.17, 15) is 4.79 Å². The molecule has 22 heavy (non-hydrogen) atoms. The number of rotatable bonds is 3. The number of morpholine rings is 1. The number of carbonyl (C=O) groups excluding carboxylic acids is 1. The molecule has 0 bridgehead atoms. The summed E-state index contributed by atoms with van der Waals surface area (Å²) in [6, 6.07) is 1.73. The number of carbonyl (C=O) groups is 1. The average Bonchev–Trinajstić information content (AvgIpc) is 3.18. The fourth-order valence-electron chi connectivity index (χ4n) is 2.13. The summed E-state index contributed by atoms with van der Waals surface area (Å²) < 4.78 is 11.3. The van der Waals surface area contributed by atoms with Gasteiger partial charge >= 0.3 is 6.03 Å². The van der Waals surface area contributed by atoms with E-state index in [0.717, 1.165) is 5.69 Å². The lowest BCUT2D eigenvalue weighted by Gasteiger charge is -2.31. The van der Waals surface area contributed by atoms with Crippen LogP contribution in [0.15, 0.2) is 21.2 Å². The van der Waals surface area contributed by atoms with Crippen molar-refractivity contribution in [2.45, 2.75) is 25.9 Å². The molecule has 1 fully saturated rings. The first-order chi connectivity index (χ1) is 10.6. The Morgan fingerprint density at radius 3 is 3.05 bits per heavy atom. The van der Waals surface area contributed by atoms with Gasteiger partial charge in [-0.3, -0.25) is 0 Å². The molecule has 2 aromatic rings. The van der Waals surface area contributed by atoms with Gasteiger partial charge in [-0.05, 0) is 11.4 Å². The fraction of sp³-hybridized carbons (Fsp3) is 0.500. The van der Waals surface area contributed by atoms with E-state index >= 15 is 0 Å². The van der Waals surface area contributed by atoms with Crippen LogP contribution in [0.25, 0.3) is 0 Å². The van der Waals surface area contributed by atoms with E-state index in [2.05, 4.69) is 15.5 Å². The summed E-state index contributed by atoms with van der Waals surface area (Å²) in [6.45, 7) is 5.35. The molecule has 1 saturated heterocycles. The molecule has 3 heterocycles. The molecule has 1 N–H and O–H groups in total. The molecular formula is C14H18N4O3S. The lowest BCUT2D eigenvalue weighted by Crippen LogP contribution is -2.44. The third kappa shape index (κ3) is 3.28. The highest BCUT2D eigenvalue weighted by molar-refractivity contribution is 7.08. The summed E-state index contributed by atoms with van der Waals surface area (Å²) >= 11 is 1.54. The number of aromatic nitrogens is 2. The highest BCUT2D eigenvalue weighted by Gasteiger charge is 2.29. The van der Waals surface area contributed by atoms with Crippen molar-refractivity contribution < 1.29 is 13.9 Å². The van der Waals surface area contributed by atoms with Crippen LogP contribution in [0, 0.1) is 0 Å². The van der Waals surface area contributed by atoms with E-state index in [-0.39, 0.29) is 18.1 Å². The monoisotopic (exact) mass is 322 g/mol. The van der Waals surface area contributed by atoms with Gasteiger partial charge in [0, 0.05) is 17.8 Å². The molecule has 2 amide bonds. The van der Waals surface area contributed by atoms with Gasteiger partial charge in [0.05, 0.1) is 18.8 Å². The second-order valence-electron chi connectivity index (χ2n) is 5.38. The quantitative estimate of drug-likeness (QED) is 0.940. The molecule has 0 aromatic carbocycles.